The molecule has 1 aliphatic carbocycles. The lowest BCUT2D eigenvalue weighted by Crippen LogP contribution is -2.35. The molecule has 34 heavy (non-hydrogen) atoms. The van der Waals surface area contributed by atoms with E-state index in [1.165, 1.54) is 5.56 Å². The molecule has 3 aliphatic rings. The Labute approximate surface area is 211 Å². The first kappa shape index (κ1) is 22.0. The molecule has 3 fully saturated rings. The minimum absolute atomic E-state index is 0.0914. The Morgan fingerprint density at radius 2 is 2.09 bits per heavy atom. The number of anilines is 1. The van der Waals surface area contributed by atoms with Gasteiger partial charge in [0.2, 0.25) is 0 Å². The monoisotopic (exact) mass is 574 g/mol. The molecule has 1 aromatic carbocycles. The summed E-state index contributed by atoms with van der Waals surface area (Å²) in [6.07, 6.45) is 4.91. The number of benzene rings is 1. The van der Waals surface area contributed by atoms with Gasteiger partial charge in [0.05, 0.1) is 6.20 Å². The normalized spacial score (nSPS) is 28.5. The molecule has 4 atom stereocenters. The Morgan fingerprint density at radius 3 is 2.85 bits per heavy atom. The van der Waals surface area contributed by atoms with Crippen molar-refractivity contribution in [3.8, 4) is 0 Å². The van der Waals surface area contributed by atoms with Crippen molar-refractivity contribution >= 4 is 45.7 Å². The molecule has 10 heteroatoms. The molecule has 3 aromatic rings. The summed E-state index contributed by atoms with van der Waals surface area (Å²) in [6, 6.07) is 10.3. The van der Waals surface area contributed by atoms with Gasteiger partial charge in [0, 0.05) is 31.7 Å². The van der Waals surface area contributed by atoms with E-state index in [0.29, 0.717) is 18.4 Å². The maximum Gasteiger partial charge on any atom is 0.404 e. The van der Waals surface area contributed by atoms with Crippen LogP contribution in [0, 0.1) is 15.5 Å². The van der Waals surface area contributed by atoms with Crippen molar-refractivity contribution < 1.29 is 14.6 Å². The van der Waals surface area contributed by atoms with Gasteiger partial charge in [-0.25, -0.2) is 19.4 Å². The highest BCUT2D eigenvalue weighted by molar-refractivity contribution is 14.1. The van der Waals surface area contributed by atoms with E-state index in [2.05, 4.69) is 44.9 Å². The lowest BCUT2D eigenvalue weighted by Gasteiger charge is -2.27. The van der Waals surface area contributed by atoms with Crippen molar-refractivity contribution in [1.82, 2.24) is 25.1 Å². The second kappa shape index (κ2) is 8.63. The number of hydrogen-bond donors (Lipinski definition) is 2. The molecule has 2 N–H and O–H groups in total. The molecular weight excluding hydrogens is 547 g/mol. The number of piperidine rings is 1. The molecule has 4 unspecified atom stereocenters. The Hall–Kier alpha value is -2.47. The lowest BCUT2D eigenvalue weighted by molar-refractivity contribution is -0.0372. The highest BCUT2D eigenvalue weighted by Gasteiger charge is 2.66. The Morgan fingerprint density at radius 1 is 1.24 bits per heavy atom. The second-order valence-corrected chi connectivity index (χ2v) is 10.5. The molecule has 2 saturated heterocycles. The number of amides is 1. The molecule has 0 bridgehead atoms. The minimum Gasteiger partial charge on any atom is -0.465 e. The first-order valence-corrected chi connectivity index (χ1v) is 13.0. The van der Waals surface area contributed by atoms with Gasteiger partial charge in [-0.3, -0.25) is 0 Å². The van der Waals surface area contributed by atoms with Gasteiger partial charge in [-0.15, -0.1) is 0 Å². The number of halogens is 1. The summed E-state index contributed by atoms with van der Waals surface area (Å²) in [6.45, 7) is 2.88. The predicted molar refractivity (Wildman–Crippen MR) is 135 cm³/mol. The van der Waals surface area contributed by atoms with Crippen molar-refractivity contribution in [3.63, 3.8) is 0 Å². The summed E-state index contributed by atoms with van der Waals surface area (Å²) in [5.41, 5.74) is 2.63. The smallest absolute Gasteiger partial charge is 0.404 e. The number of aromatic nitrogens is 4. The first-order valence-electron chi connectivity index (χ1n) is 11.9. The standard InChI is InChI=1S/C24H27IN6O3/c25-21-20-22(31(29-21)19-8-4-5-11-34-19)28-18(12-26-20)30-10-9-16-17(13-30)24(16,14-27-23(32)33)15-6-2-1-3-7-15/h1-3,6-7,12,16-17,19,27H,4-5,8-11,13-14H2,(H,32,33). The van der Waals surface area contributed by atoms with E-state index in [9.17, 15) is 9.90 Å². The number of nitrogens with one attached hydrogen (secondary N) is 1. The topological polar surface area (TPSA) is 105 Å². The summed E-state index contributed by atoms with van der Waals surface area (Å²) in [4.78, 5) is 23.4. The van der Waals surface area contributed by atoms with Crippen LogP contribution in [-0.2, 0) is 10.2 Å². The number of nitrogens with zero attached hydrogens (tertiary/aromatic N) is 5. The van der Waals surface area contributed by atoms with E-state index in [1.807, 2.05) is 29.1 Å². The van der Waals surface area contributed by atoms with Crippen LogP contribution < -0.4 is 10.2 Å². The van der Waals surface area contributed by atoms with Gasteiger partial charge in [0.15, 0.2) is 15.6 Å². The van der Waals surface area contributed by atoms with Gasteiger partial charge in [-0.2, -0.15) is 5.10 Å². The van der Waals surface area contributed by atoms with Crippen LogP contribution in [0.3, 0.4) is 0 Å². The number of ether oxygens (including phenoxy) is 1. The summed E-state index contributed by atoms with van der Waals surface area (Å²) in [5, 5.41) is 16.7. The molecular formula is C24H27IN6O3. The third-order valence-electron chi connectivity index (χ3n) is 7.77. The quantitative estimate of drug-likeness (QED) is 0.447. The number of fused-ring (bicyclic) bond motifs is 2. The second-order valence-electron chi connectivity index (χ2n) is 9.47. The molecule has 9 nitrogen and oxygen atoms in total. The largest absolute Gasteiger partial charge is 0.465 e. The fourth-order valence-electron chi connectivity index (χ4n) is 6.08. The van der Waals surface area contributed by atoms with E-state index < -0.39 is 6.09 Å². The number of carboxylic acid groups (broad SMARTS) is 1. The summed E-state index contributed by atoms with van der Waals surface area (Å²) < 4.78 is 8.72. The number of carbonyl (C=O) groups is 1. The lowest BCUT2D eigenvalue weighted by atomic mass is 9.91. The van der Waals surface area contributed by atoms with Crippen LogP contribution in [0.2, 0.25) is 0 Å². The summed E-state index contributed by atoms with van der Waals surface area (Å²) >= 11 is 2.22. The summed E-state index contributed by atoms with van der Waals surface area (Å²) in [7, 11) is 0. The fourth-order valence-corrected chi connectivity index (χ4v) is 6.70. The maximum atomic E-state index is 11.3. The highest BCUT2D eigenvalue weighted by atomic mass is 127. The molecule has 0 radical (unpaired) electrons. The molecule has 178 valence electrons. The molecule has 1 saturated carbocycles. The molecule has 4 heterocycles. The zero-order valence-corrected chi connectivity index (χ0v) is 20.9. The number of hydrogen-bond acceptors (Lipinski definition) is 6. The van der Waals surface area contributed by atoms with E-state index in [4.69, 9.17) is 19.8 Å². The van der Waals surface area contributed by atoms with Gasteiger partial charge in [0.25, 0.3) is 0 Å². The van der Waals surface area contributed by atoms with E-state index in [-0.39, 0.29) is 11.6 Å². The van der Waals surface area contributed by atoms with Gasteiger partial charge in [-0.1, -0.05) is 30.3 Å². The third-order valence-corrected chi connectivity index (χ3v) is 8.50. The van der Waals surface area contributed by atoms with Crippen LogP contribution in [0.1, 0.15) is 37.5 Å². The molecule has 0 spiro atoms. The van der Waals surface area contributed by atoms with E-state index in [0.717, 1.165) is 66.1 Å². The Balaban J connectivity index is 1.29. The SMILES string of the molecule is O=C(O)NCC1(c2ccccc2)C2CCN(c3cnc4c(I)nn(C5CCCCO5)c4n3)CC21. The third kappa shape index (κ3) is 3.62. The zero-order valence-electron chi connectivity index (χ0n) is 18.7. The van der Waals surface area contributed by atoms with E-state index >= 15 is 0 Å². The van der Waals surface area contributed by atoms with E-state index in [1.54, 1.807) is 0 Å². The summed E-state index contributed by atoms with van der Waals surface area (Å²) in [5.74, 6) is 1.66. The van der Waals surface area contributed by atoms with Crippen molar-refractivity contribution in [2.45, 2.75) is 37.3 Å². The van der Waals surface area contributed by atoms with Crippen LogP contribution in [-0.4, -0.2) is 57.2 Å². The van der Waals surface area contributed by atoms with Gasteiger partial charge in [0.1, 0.15) is 11.3 Å². The average Bonchev–Trinajstić information content (AvgIpc) is 3.41. The Kier molecular flexibility index (Phi) is 5.59. The average molecular weight is 574 g/mol. The van der Waals surface area contributed by atoms with Crippen LogP contribution >= 0.6 is 22.6 Å². The van der Waals surface area contributed by atoms with Crippen LogP contribution in [0.15, 0.2) is 36.5 Å². The number of rotatable bonds is 5. The van der Waals surface area contributed by atoms with Crippen LogP contribution in [0.4, 0.5) is 10.6 Å². The first-order chi connectivity index (χ1) is 16.6. The van der Waals surface area contributed by atoms with Gasteiger partial charge in [-0.05, 0) is 65.7 Å². The predicted octanol–water partition coefficient (Wildman–Crippen LogP) is 3.79. The van der Waals surface area contributed by atoms with Gasteiger partial charge >= 0.3 is 6.09 Å². The Bertz CT molecular complexity index is 1210. The van der Waals surface area contributed by atoms with Crippen LogP contribution in [0.25, 0.3) is 11.2 Å². The minimum atomic E-state index is -0.972. The van der Waals surface area contributed by atoms with Crippen molar-refractivity contribution in [2.24, 2.45) is 11.8 Å². The molecule has 1 amide bonds. The van der Waals surface area contributed by atoms with Crippen molar-refractivity contribution in [3.05, 3.63) is 45.8 Å². The zero-order chi connectivity index (χ0) is 23.3. The molecule has 2 aliphatic heterocycles. The fraction of sp³-hybridized carbons (Fsp3) is 0.500. The molecule has 2 aromatic heterocycles. The maximum absolute atomic E-state index is 11.3. The molecule has 6 rings (SSSR count). The van der Waals surface area contributed by atoms with Gasteiger partial charge < -0.3 is 20.1 Å². The van der Waals surface area contributed by atoms with Crippen molar-refractivity contribution in [2.75, 3.05) is 31.1 Å². The van der Waals surface area contributed by atoms with Crippen molar-refractivity contribution in [1.29, 1.82) is 0 Å². The van der Waals surface area contributed by atoms with Crippen LogP contribution in [0.5, 0.6) is 0 Å². The highest BCUT2D eigenvalue weighted by Crippen LogP contribution is 2.63.